The van der Waals surface area contributed by atoms with Crippen LogP contribution >= 0.6 is 0 Å². The third kappa shape index (κ3) is 7.70. The standard InChI is InChI=1S/C8H18.C7H10O/c1-5-6-8(4)7(2)3;1-6-2-4-7(8)5-3-6/h7-8H,5-6H2,1-4H3;2-4,7-8H,5H2,1H3. The van der Waals surface area contributed by atoms with E-state index in [-0.39, 0.29) is 6.10 Å². The molecule has 2 atom stereocenters. The number of aliphatic hydroxyl groups is 1. The van der Waals surface area contributed by atoms with Crippen LogP contribution in [0.4, 0.5) is 0 Å². The van der Waals surface area contributed by atoms with E-state index in [1.807, 2.05) is 25.2 Å². The van der Waals surface area contributed by atoms with Crippen molar-refractivity contribution in [3.05, 3.63) is 23.8 Å². The van der Waals surface area contributed by atoms with Crippen molar-refractivity contribution in [1.82, 2.24) is 0 Å². The Kier molecular flexibility index (Phi) is 8.28. The molecule has 1 heteroatoms. The van der Waals surface area contributed by atoms with Crippen LogP contribution in [0.3, 0.4) is 0 Å². The summed E-state index contributed by atoms with van der Waals surface area (Å²) in [5, 5.41) is 8.90. The van der Waals surface area contributed by atoms with Crippen LogP contribution in [0.25, 0.3) is 0 Å². The Hall–Kier alpha value is -0.560. The second kappa shape index (κ2) is 8.58. The van der Waals surface area contributed by atoms with Gasteiger partial charge in [0.15, 0.2) is 0 Å². The van der Waals surface area contributed by atoms with Crippen LogP contribution in [0, 0.1) is 11.8 Å². The van der Waals surface area contributed by atoms with E-state index >= 15 is 0 Å². The first-order chi connectivity index (χ1) is 7.47. The van der Waals surface area contributed by atoms with E-state index in [0.717, 1.165) is 18.3 Å². The molecule has 94 valence electrons. The van der Waals surface area contributed by atoms with Crippen LogP contribution in [0.1, 0.15) is 53.9 Å². The lowest BCUT2D eigenvalue weighted by Crippen LogP contribution is -2.02. The molecule has 0 aliphatic heterocycles. The normalized spacial score (nSPS) is 21.2. The molecular formula is C15H28O. The van der Waals surface area contributed by atoms with Crippen LogP contribution in [0.15, 0.2) is 23.8 Å². The van der Waals surface area contributed by atoms with E-state index in [4.69, 9.17) is 5.11 Å². The highest BCUT2D eigenvalue weighted by molar-refractivity contribution is 5.21. The van der Waals surface area contributed by atoms with Crippen molar-refractivity contribution in [1.29, 1.82) is 0 Å². The zero-order valence-corrected chi connectivity index (χ0v) is 11.5. The lowest BCUT2D eigenvalue weighted by molar-refractivity contribution is 0.225. The number of hydrogen-bond acceptors (Lipinski definition) is 1. The van der Waals surface area contributed by atoms with Crippen LogP contribution < -0.4 is 0 Å². The van der Waals surface area contributed by atoms with Gasteiger partial charge in [-0.1, -0.05) is 64.3 Å². The van der Waals surface area contributed by atoms with Crippen LogP contribution in [0.5, 0.6) is 0 Å². The quantitative estimate of drug-likeness (QED) is 0.756. The van der Waals surface area contributed by atoms with Gasteiger partial charge in [-0.2, -0.15) is 0 Å². The van der Waals surface area contributed by atoms with Crippen molar-refractivity contribution in [3.63, 3.8) is 0 Å². The number of hydrogen-bond donors (Lipinski definition) is 1. The Balaban J connectivity index is 0.000000281. The summed E-state index contributed by atoms with van der Waals surface area (Å²) >= 11 is 0. The molecule has 16 heavy (non-hydrogen) atoms. The van der Waals surface area contributed by atoms with Gasteiger partial charge < -0.3 is 5.11 Å². The molecule has 0 aromatic carbocycles. The van der Waals surface area contributed by atoms with Crippen LogP contribution in [-0.4, -0.2) is 11.2 Å². The Morgan fingerprint density at radius 3 is 2.25 bits per heavy atom. The van der Waals surface area contributed by atoms with Gasteiger partial charge in [0.1, 0.15) is 0 Å². The van der Waals surface area contributed by atoms with Crippen LogP contribution in [-0.2, 0) is 0 Å². The molecule has 1 rings (SSSR count). The second-order valence-corrected chi connectivity index (χ2v) is 5.12. The predicted octanol–water partition coefficient (Wildman–Crippen LogP) is 4.33. The van der Waals surface area contributed by atoms with E-state index in [2.05, 4.69) is 27.7 Å². The van der Waals surface area contributed by atoms with Crippen molar-refractivity contribution in [2.75, 3.05) is 0 Å². The summed E-state index contributed by atoms with van der Waals surface area (Å²) < 4.78 is 0. The molecule has 0 heterocycles. The minimum atomic E-state index is -0.237. The zero-order chi connectivity index (χ0) is 12.6. The maximum absolute atomic E-state index is 8.90. The molecule has 0 fully saturated rings. The lowest BCUT2D eigenvalue weighted by Gasteiger charge is -2.12. The fourth-order valence-corrected chi connectivity index (χ4v) is 1.50. The summed E-state index contributed by atoms with van der Waals surface area (Å²) in [5.74, 6) is 1.79. The average Bonchev–Trinajstić information content (AvgIpc) is 2.24. The van der Waals surface area contributed by atoms with Crippen molar-refractivity contribution in [2.24, 2.45) is 11.8 Å². The molecule has 0 radical (unpaired) electrons. The number of aliphatic hydroxyl groups excluding tert-OH is 1. The smallest absolute Gasteiger partial charge is 0.0758 e. The van der Waals surface area contributed by atoms with Crippen molar-refractivity contribution in [3.8, 4) is 0 Å². The molecule has 0 spiro atoms. The second-order valence-electron chi connectivity index (χ2n) is 5.12. The van der Waals surface area contributed by atoms with Crippen molar-refractivity contribution >= 4 is 0 Å². The Bertz CT molecular complexity index is 226. The monoisotopic (exact) mass is 224 g/mol. The molecule has 0 aromatic rings. The summed E-state index contributed by atoms with van der Waals surface area (Å²) in [6.07, 6.45) is 9.05. The average molecular weight is 224 g/mol. The molecule has 0 saturated carbocycles. The SMILES string of the molecule is CC1=CCC(O)C=C1.CCCC(C)C(C)C. The maximum atomic E-state index is 8.90. The van der Waals surface area contributed by atoms with Gasteiger partial charge in [-0.3, -0.25) is 0 Å². The highest BCUT2D eigenvalue weighted by atomic mass is 16.3. The first-order valence-electron chi connectivity index (χ1n) is 6.50. The molecule has 1 nitrogen and oxygen atoms in total. The topological polar surface area (TPSA) is 20.2 Å². The zero-order valence-electron chi connectivity index (χ0n) is 11.5. The largest absolute Gasteiger partial charge is 0.389 e. The van der Waals surface area contributed by atoms with Gasteiger partial charge in [0.05, 0.1) is 6.10 Å². The molecule has 2 unspecified atom stereocenters. The van der Waals surface area contributed by atoms with E-state index < -0.39 is 0 Å². The molecule has 0 saturated heterocycles. The molecular weight excluding hydrogens is 196 g/mol. The molecule has 1 aliphatic carbocycles. The highest BCUT2D eigenvalue weighted by Crippen LogP contribution is 2.14. The number of allylic oxidation sites excluding steroid dienone is 2. The van der Waals surface area contributed by atoms with Crippen molar-refractivity contribution in [2.45, 2.75) is 60.0 Å². The number of rotatable bonds is 3. The predicted molar refractivity (Wildman–Crippen MR) is 72.4 cm³/mol. The first-order valence-corrected chi connectivity index (χ1v) is 6.50. The summed E-state index contributed by atoms with van der Waals surface area (Å²) in [5.41, 5.74) is 1.25. The van der Waals surface area contributed by atoms with Crippen molar-refractivity contribution < 1.29 is 5.11 Å². The van der Waals surface area contributed by atoms with Gasteiger partial charge in [-0.15, -0.1) is 0 Å². The minimum absolute atomic E-state index is 0.237. The van der Waals surface area contributed by atoms with Crippen LogP contribution in [0.2, 0.25) is 0 Å². The highest BCUT2D eigenvalue weighted by Gasteiger charge is 2.03. The Morgan fingerprint density at radius 1 is 1.38 bits per heavy atom. The third-order valence-corrected chi connectivity index (χ3v) is 3.14. The third-order valence-electron chi connectivity index (χ3n) is 3.14. The van der Waals surface area contributed by atoms with Gasteiger partial charge in [-0.25, -0.2) is 0 Å². The van der Waals surface area contributed by atoms with Gasteiger partial charge in [-0.05, 0) is 25.2 Å². The van der Waals surface area contributed by atoms with E-state index in [9.17, 15) is 0 Å². The molecule has 0 aromatic heterocycles. The van der Waals surface area contributed by atoms with Gasteiger partial charge in [0.25, 0.3) is 0 Å². The fraction of sp³-hybridized carbons (Fsp3) is 0.733. The molecule has 0 amide bonds. The maximum Gasteiger partial charge on any atom is 0.0758 e. The summed E-state index contributed by atoms with van der Waals surface area (Å²) in [4.78, 5) is 0. The summed E-state index contributed by atoms with van der Waals surface area (Å²) in [6.45, 7) is 11.2. The lowest BCUT2D eigenvalue weighted by atomic mass is 9.94. The van der Waals surface area contributed by atoms with Gasteiger partial charge >= 0.3 is 0 Å². The van der Waals surface area contributed by atoms with Gasteiger partial charge in [0.2, 0.25) is 0 Å². The summed E-state index contributed by atoms with van der Waals surface area (Å²) in [7, 11) is 0. The van der Waals surface area contributed by atoms with E-state index in [1.54, 1.807) is 0 Å². The molecule has 0 bridgehead atoms. The van der Waals surface area contributed by atoms with Gasteiger partial charge in [0, 0.05) is 0 Å². The molecule has 1 aliphatic rings. The Labute approximate surface area is 101 Å². The van der Waals surface area contributed by atoms with E-state index in [1.165, 1.54) is 18.4 Å². The summed E-state index contributed by atoms with van der Waals surface area (Å²) in [6, 6.07) is 0. The first kappa shape index (κ1) is 15.4. The fourth-order valence-electron chi connectivity index (χ4n) is 1.50. The van der Waals surface area contributed by atoms with E-state index in [0.29, 0.717) is 0 Å². The Morgan fingerprint density at radius 2 is 2.00 bits per heavy atom. The minimum Gasteiger partial charge on any atom is -0.389 e. The molecule has 1 N–H and O–H groups in total.